The summed E-state index contributed by atoms with van der Waals surface area (Å²) in [5.74, 6) is 0. The van der Waals surface area contributed by atoms with Crippen LogP contribution in [0.4, 0.5) is 0 Å². The van der Waals surface area contributed by atoms with Crippen molar-refractivity contribution in [1.29, 1.82) is 0 Å². The van der Waals surface area contributed by atoms with Crippen LogP contribution in [0.25, 0.3) is 0 Å². The average Bonchev–Trinajstić information content (AvgIpc) is 2.85. The van der Waals surface area contributed by atoms with E-state index in [2.05, 4.69) is 23.3 Å². The summed E-state index contributed by atoms with van der Waals surface area (Å²) >= 11 is 1.72. The first-order chi connectivity index (χ1) is 7.22. The van der Waals surface area contributed by atoms with E-state index in [0.29, 0.717) is 6.04 Å². The molecule has 82 valence electrons. The number of aliphatic hydroxyl groups is 1. The molecule has 1 N–H and O–H groups in total. The molecule has 0 radical (unpaired) electrons. The molecule has 0 amide bonds. The molecular formula is C12H17NOS. The van der Waals surface area contributed by atoms with Gasteiger partial charge in [-0.25, -0.2) is 0 Å². The highest BCUT2D eigenvalue weighted by atomic mass is 32.1. The first-order valence-corrected chi connectivity index (χ1v) is 6.61. The van der Waals surface area contributed by atoms with Gasteiger partial charge in [0.25, 0.3) is 0 Å². The highest BCUT2D eigenvalue weighted by Crippen LogP contribution is 2.45. The Morgan fingerprint density at radius 2 is 2.40 bits per heavy atom. The average molecular weight is 223 g/mol. The summed E-state index contributed by atoms with van der Waals surface area (Å²) in [6, 6.07) is 2.50. The highest BCUT2D eigenvalue weighted by molar-refractivity contribution is 7.10. The Hall–Kier alpha value is -0.380. The van der Waals surface area contributed by atoms with Gasteiger partial charge in [-0.1, -0.05) is 0 Å². The molecule has 2 aliphatic rings. The number of hydrogen-bond acceptors (Lipinski definition) is 3. The third-order valence-corrected chi connectivity index (χ3v) is 5.13. The predicted molar refractivity (Wildman–Crippen MR) is 62.2 cm³/mol. The first kappa shape index (κ1) is 9.82. The summed E-state index contributed by atoms with van der Waals surface area (Å²) in [6.45, 7) is 4.36. The van der Waals surface area contributed by atoms with Gasteiger partial charge < -0.3 is 5.11 Å². The fraction of sp³-hybridized carbons (Fsp3) is 0.667. The van der Waals surface area contributed by atoms with E-state index in [1.807, 2.05) is 0 Å². The van der Waals surface area contributed by atoms with Gasteiger partial charge in [0.05, 0.1) is 0 Å². The van der Waals surface area contributed by atoms with Gasteiger partial charge in [-0.15, -0.1) is 11.3 Å². The molecule has 2 unspecified atom stereocenters. The fourth-order valence-electron chi connectivity index (χ4n) is 3.20. The van der Waals surface area contributed by atoms with Crippen LogP contribution in [0.1, 0.15) is 29.7 Å². The van der Waals surface area contributed by atoms with E-state index in [1.54, 1.807) is 11.3 Å². The Kier molecular flexibility index (Phi) is 2.16. The molecule has 0 bridgehead atoms. The van der Waals surface area contributed by atoms with E-state index in [4.69, 9.17) is 0 Å². The Labute approximate surface area is 94.5 Å². The summed E-state index contributed by atoms with van der Waals surface area (Å²) in [6.07, 6.45) is 3.32. The summed E-state index contributed by atoms with van der Waals surface area (Å²) < 4.78 is 0. The topological polar surface area (TPSA) is 23.5 Å². The molecule has 0 spiro atoms. The lowest BCUT2D eigenvalue weighted by molar-refractivity contribution is 0.0123. The van der Waals surface area contributed by atoms with Crippen molar-refractivity contribution in [2.24, 2.45) is 0 Å². The van der Waals surface area contributed by atoms with Crippen LogP contribution in [0.2, 0.25) is 0 Å². The molecular weight excluding hydrogens is 206 g/mol. The van der Waals surface area contributed by atoms with Gasteiger partial charge in [-0.2, -0.15) is 0 Å². The Morgan fingerprint density at radius 1 is 1.53 bits per heavy atom. The standard InChI is InChI=1S/C12H17NOS/c1-9-4-8-15-11(9)12(14)5-7-13-6-2-3-10(12)13/h4,8,10,14H,2-3,5-7H2,1H3. The SMILES string of the molecule is Cc1ccsc1C1(O)CCN2CCCC21. The van der Waals surface area contributed by atoms with Crippen LogP contribution in [0.3, 0.4) is 0 Å². The van der Waals surface area contributed by atoms with Crippen LogP contribution >= 0.6 is 11.3 Å². The fourth-order valence-corrected chi connectivity index (χ4v) is 4.30. The molecule has 0 aromatic carbocycles. The van der Waals surface area contributed by atoms with Crippen molar-refractivity contribution < 1.29 is 5.11 Å². The lowest BCUT2D eigenvalue weighted by atomic mass is 9.89. The molecule has 2 atom stereocenters. The van der Waals surface area contributed by atoms with Crippen LogP contribution in [-0.2, 0) is 5.60 Å². The molecule has 15 heavy (non-hydrogen) atoms. The minimum Gasteiger partial charge on any atom is -0.383 e. The Balaban J connectivity index is 2.00. The van der Waals surface area contributed by atoms with E-state index in [-0.39, 0.29) is 0 Å². The van der Waals surface area contributed by atoms with Gasteiger partial charge in [-0.05, 0) is 49.7 Å². The summed E-state index contributed by atoms with van der Waals surface area (Å²) in [7, 11) is 0. The summed E-state index contributed by atoms with van der Waals surface area (Å²) in [5.41, 5.74) is 0.714. The maximum Gasteiger partial charge on any atom is 0.116 e. The van der Waals surface area contributed by atoms with Crippen molar-refractivity contribution in [1.82, 2.24) is 4.90 Å². The van der Waals surface area contributed by atoms with E-state index in [0.717, 1.165) is 19.4 Å². The van der Waals surface area contributed by atoms with Crippen molar-refractivity contribution in [2.75, 3.05) is 13.1 Å². The second kappa shape index (κ2) is 3.30. The number of aryl methyl sites for hydroxylation is 1. The number of fused-ring (bicyclic) bond motifs is 1. The van der Waals surface area contributed by atoms with E-state index < -0.39 is 5.60 Å². The third-order valence-electron chi connectivity index (χ3n) is 3.95. The van der Waals surface area contributed by atoms with E-state index in [9.17, 15) is 5.11 Å². The van der Waals surface area contributed by atoms with E-state index >= 15 is 0 Å². The maximum absolute atomic E-state index is 10.9. The van der Waals surface area contributed by atoms with Gasteiger partial charge in [0.2, 0.25) is 0 Å². The number of thiophene rings is 1. The van der Waals surface area contributed by atoms with Crippen LogP contribution in [-0.4, -0.2) is 29.1 Å². The first-order valence-electron chi connectivity index (χ1n) is 5.73. The van der Waals surface area contributed by atoms with Gasteiger partial charge in [0.15, 0.2) is 0 Å². The molecule has 1 aromatic heterocycles. The molecule has 2 nitrogen and oxygen atoms in total. The smallest absolute Gasteiger partial charge is 0.116 e. The Morgan fingerprint density at radius 3 is 3.13 bits per heavy atom. The third kappa shape index (κ3) is 1.30. The van der Waals surface area contributed by atoms with Gasteiger partial charge in [0, 0.05) is 17.5 Å². The van der Waals surface area contributed by atoms with Crippen LogP contribution in [0, 0.1) is 6.92 Å². The molecule has 3 heteroatoms. The van der Waals surface area contributed by atoms with Crippen LogP contribution in [0.15, 0.2) is 11.4 Å². The maximum atomic E-state index is 10.9. The van der Waals surface area contributed by atoms with Crippen molar-refractivity contribution in [2.45, 2.75) is 37.8 Å². The summed E-state index contributed by atoms with van der Waals surface area (Å²) in [5, 5.41) is 13.0. The predicted octanol–water partition coefficient (Wildman–Crippen LogP) is 2.11. The zero-order chi connectivity index (χ0) is 10.5. The largest absolute Gasteiger partial charge is 0.383 e. The van der Waals surface area contributed by atoms with Gasteiger partial charge >= 0.3 is 0 Å². The van der Waals surface area contributed by atoms with Crippen molar-refractivity contribution >= 4 is 11.3 Å². The molecule has 3 rings (SSSR count). The molecule has 1 aromatic rings. The van der Waals surface area contributed by atoms with Crippen LogP contribution < -0.4 is 0 Å². The van der Waals surface area contributed by atoms with Crippen molar-refractivity contribution in [3.63, 3.8) is 0 Å². The monoisotopic (exact) mass is 223 g/mol. The molecule has 2 saturated heterocycles. The molecule has 0 saturated carbocycles. The zero-order valence-corrected chi connectivity index (χ0v) is 9.89. The molecule has 2 fully saturated rings. The van der Waals surface area contributed by atoms with Crippen LogP contribution in [0.5, 0.6) is 0 Å². The van der Waals surface area contributed by atoms with Crippen molar-refractivity contribution in [3.05, 3.63) is 21.9 Å². The lowest BCUT2D eigenvalue weighted by Crippen LogP contribution is -2.38. The second-order valence-electron chi connectivity index (χ2n) is 4.80. The van der Waals surface area contributed by atoms with Gasteiger partial charge in [0.1, 0.15) is 5.60 Å². The molecule has 2 aliphatic heterocycles. The number of hydrogen-bond donors (Lipinski definition) is 1. The zero-order valence-electron chi connectivity index (χ0n) is 9.07. The number of rotatable bonds is 1. The lowest BCUT2D eigenvalue weighted by Gasteiger charge is -2.29. The molecule has 0 aliphatic carbocycles. The van der Waals surface area contributed by atoms with Gasteiger partial charge in [-0.3, -0.25) is 4.90 Å². The quantitative estimate of drug-likeness (QED) is 0.788. The summed E-state index contributed by atoms with van der Waals surface area (Å²) in [4.78, 5) is 3.66. The minimum atomic E-state index is -0.547. The van der Waals surface area contributed by atoms with E-state index in [1.165, 1.54) is 23.4 Å². The molecule has 3 heterocycles. The minimum absolute atomic E-state index is 0.384. The number of nitrogens with zero attached hydrogens (tertiary/aromatic N) is 1. The highest BCUT2D eigenvalue weighted by Gasteiger charge is 2.50. The Bertz CT molecular complexity index is 375. The second-order valence-corrected chi connectivity index (χ2v) is 5.72. The normalized spacial score (nSPS) is 36.0. The van der Waals surface area contributed by atoms with Crippen molar-refractivity contribution in [3.8, 4) is 0 Å².